The Hall–Kier alpha value is -3.15. The fraction of sp³-hybridized carbons (Fsp3) is 0.375. The maximum atomic E-state index is 9.25. The van der Waals surface area contributed by atoms with Crippen molar-refractivity contribution in [3.63, 3.8) is 0 Å². The van der Waals surface area contributed by atoms with Crippen molar-refractivity contribution >= 4 is 11.4 Å². The van der Waals surface area contributed by atoms with Crippen molar-refractivity contribution in [3.8, 4) is 23.1 Å². The predicted molar refractivity (Wildman–Crippen MR) is 112 cm³/mol. The summed E-state index contributed by atoms with van der Waals surface area (Å²) in [4.78, 5) is 7.65. The second-order valence-electron chi connectivity index (χ2n) is 8.25. The van der Waals surface area contributed by atoms with E-state index >= 15 is 0 Å². The summed E-state index contributed by atoms with van der Waals surface area (Å²) in [5, 5.41) is 9.25. The molecule has 0 radical (unpaired) electrons. The number of aliphatic imine (C=N–C) groups is 1. The molecule has 2 atom stereocenters. The van der Waals surface area contributed by atoms with Gasteiger partial charge in [-0.15, -0.1) is 0 Å². The number of hydrogen-bond donors (Lipinski definition) is 0. The van der Waals surface area contributed by atoms with Gasteiger partial charge < -0.3 is 9.47 Å². The molecule has 0 saturated carbocycles. The monoisotopic (exact) mass is 385 g/mol. The first-order valence-corrected chi connectivity index (χ1v) is 9.88. The van der Waals surface area contributed by atoms with Gasteiger partial charge in [0, 0.05) is 24.5 Å². The van der Waals surface area contributed by atoms with Crippen LogP contribution in [0.25, 0.3) is 16.0 Å². The van der Waals surface area contributed by atoms with Gasteiger partial charge >= 0.3 is 0 Å². The summed E-state index contributed by atoms with van der Waals surface area (Å²) in [5.41, 5.74) is 4.02. The SMILES string of the molecule is [C-]#[N+]c1cccc(-c2ccc3c(c2)/C(=N/C#N)CC(C2CCOC(C)(C)C2)O3)c1. The van der Waals surface area contributed by atoms with E-state index in [-0.39, 0.29) is 11.7 Å². The Morgan fingerprint density at radius 1 is 1.21 bits per heavy atom. The Morgan fingerprint density at radius 2 is 2.03 bits per heavy atom. The van der Waals surface area contributed by atoms with Crippen LogP contribution in [-0.2, 0) is 4.74 Å². The molecule has 2 aromatic carbocycles. The van der Waals surface area contributed by atoms with Gasteiger partial charge in [0.25, 0.3) is 0 Å². The van der Waals surface area contributed by atoms with E-state index in [2.05, 4.69) is 23.7 Å². The number of rotatable bonds is 2. The summed E-state index contributed by atoms with van der Waals surface area (Å²) in [7, 11) is 0. The largest absolute Gasteiger partial charge is 0.489 e. The summed E-state index contributed by atoms with van der Waals surface area (Å²) in [5.74, 6) is 1.13. The van der Waals surface area contributed by atoms with Crippen LogP contribution in [0, 0.1) is 23.9 Å². The molecule has 5 heteroatoms. The van der Waals surface area contributed by atoms with Gasteiger partial charge in [0.1, 0.15) is 11.9 Å². The lowest BCUT2D eigenvalue weighted by Crippen LogP contribution is -2.43. The molecule has 146 valence electrons. The molecule has 2 heterocycles. The van der Waals surface area contributed by atoms with Gasteiger partial charge in [0.05, 0.1) is 17.9 Å². The van der Waals surface area contributed by atoms with Crippen LogP contribution in [-0.4, -0.2) is 24.0 Å². The maximum absolute atomic E-state index is 9.25. The number of nitriles is 1. The van der Waals surface area contributed by atoms with Gasteiger partial charge in [-0.25, -0.2) is 4.85 Å². The molecule has 1 fully saturated rings. The average molecular weight is 385 g/mol. The van der Waals surface area contributed by atoms with E-state index in [1.54, 1.807) is 6.07 Å². The molecule has 0 spiro atoms. The molecule has 2 aliphatic heterocycles. The summed E-state index contributed by atoms with van der Waals surface area (Å²) in [6.07, 6.45) is 4.45. The van der Waals surface area contributed by atoms with Crippen LogP contribution in [0.15, 0.2) is 47.5 Å². The van der Waals surface area contributed by atoms with Crippen LogP contribution in [0.4, 0.5) is 5.69 Å². The second kappa shape index (κ2) is 7.70. The fourth-order valence-corrected chi connectivity index (χ4v) is 4.32. The van der Waals surface area contributed by atoms with E-state index in [4.69, 9.17) is 16.0 Å². The topological polar surface area (TPSA) is 59.0 Å². The summed E-state index contributed by atoms with van der Waals surface area (Å²) < 4.78 is 12.2. The summed E-state index contributed by atoms with van der Waals surface area (Å²) >= 11 is 0. The Kier molecular flexibility index (Phi) is 5.09. The van der Waals surface area contributed by atoms with Gasteiger partial charge in [-0.1, -0.05) is 24.3 Å². The Bertz CT molecular complexity index is 1040. The molecule has 0 N–H and O–H groups in total. The van der Waals surface area contributed by atoms with Crippen LogP contribution in [0.1, 0.15) is 38.7 Å². The van der Waals surface area contributed by atoms with E-state index in [0.29, 0.717) is 18.0 Å². The number of nitrogens with zero attached hydrogens (tertiary/aromatic N) is 3. The molecule has 2 aromatic rings. The van der Waals surface area contributed by atoms with E-state index in [1.165, 1.54) is 0 Å². The molecule has 4 rings (SSSR count). The fourth-order valence-electron chi connectivity index (χ4n) is 4.32. The van der Waals surface area contributed by atoms with E-state index in [9.17, 15) is 5.26 Å². The Balaban J connectivity index is 1.67. The van der Waals surface area contributed by atoms with Crippen LogP contribution < -0.4 is 4.74 Å². The van der Waals surface area contributed by atoms with Gasteiger partial charge in [0.2, 0.25) is 6.19 Å². The number of fused-ring (bicyclic) bond motifs is 1. The first kappa shape index (κ1) is 19.2. The molecule has 1 saturated heterocycles. The minimum Gasteiger partial charge on any atom is -0.489 e. The van der Waals surface area contributed by atoms with Crippen molar-refractivity contribution < 1.29 is 9.47 Å². The molecular formula is C24H23N3O2. The van der Waals surface area contributed by atoms with E-state index in [0.717, 1.165) is 47.6 Å². The second-order valence-corrected chi connectivity index (χ2v) is 8.25. The standard InChI is InChI=1S/C24H23N3O2/c1-24(2)14-18(9-10-28-24)23-13-21(27-15-25)20-12-17(7-8-22(20)29-23)16-5-4-6-19(11-16)26-3/h4-8,11-12,18,23H,9-10,13-14H2,1-2H3/b27-21+. The highest BCUT2D eigenvalue weighted by molar-refractivity contribution is 6.05. The van der Waals surface area contributed by atoms with Crippen molar-refractivity contribution in [3.05, 3.63) is 59.4 Å². The molecule has 2 aliphatic rings. The lowest BCUT2D eigenvalue weighted by atomic mass is 9.81. The highest BCUT2D eigenvalue weighted by Crippen LogP contribution is 2.39. The van der Waals surface area contributed by atoms with Gasteiger partial charge in [-0.3, -0.25) is 0 Å². The molecule has 0 aliphatic carbocycles. The van der Waals surface area contributed by atoms with Crippen LogP contribution in [0.5, 0.6) is 5.75 Å². The minimum absolute atomic E-state index is 0.00549. The van der Waals surface area contributed by atoms with Crippen LogP contribution in [0.3, 0.4) is 0 Å². The van der Waals surface area contributed by atoms with E-state index in [1.807, 2.05) is 42.6 Å². The summed E-state index contributed by atoms with van der Waals surface area (Å²) in [6, 6.07) is 13.5. The molecule has 5 nitrogen and oxygen atoms in total. The predicted octanol–water partition coefficient (Wildman–Crippen LogP) is 5.53. The van der Waals surface area contributed by atoms with Crippen molar-refractivity contribution in [2.45, 2.75) is 44.8 Å². The zero-order chi connectivity index (χ0) is 20.4. The zero-order valence-corrected chi connectivity index (χ0v) is 16.7. The van der Waals surface area contributed by atoms with Crippen molar-refractivity contribution in [2.75, 3.05) is 6.61 Å². The maximum Gasteiger partial charge on any atom is 0.205 e. The number of ether oxygens (including phenoxy) is 2. The van der Waals surface area contributed by atoms with Crippen LogP contribution >= 0.6 is 0 Å². The van der Waals surface area contributed by atoms with E-state index < -0.39 is 0 Å². The molecular weight excluding hydrogens is 362 g/mol. The normalized spacial score (nSPS) is 24.1. The Labute approximate surface area is 171 Å². The van der Waals surface area contributed by atoms with Gasteiger partial charge in [-0.2, -0.15) is 10.3 Å². The third kappa shape index (κ3) is 4.01. The third-order valence-corrected chi connectivity index (χ3v) is 5.72. The third-order valence-electron chi connectivity index (χ3n) is 5.72. The molecule has 0 amide bonds. The first-order chi connectivity index (χ1) is 14.0. The summed E-state index contributed by atoms with van der Waals surface area (Å²) in [6.45, 7) is 12.2. The number of hydrogen-bond acceptors (Lipinski definition) is 4. The number of benzene rings is 2. The highest BCUT2D eigenvalue weighted by Gasteiger charge is 2.37. The highest BCUT2D eigenvalue weighted by atomic mass is 16.5. The molecule has 0 bridgehead atoms. The molecule has 29 heavy (non-hydrogen) atoms. The lowest BCUT2D eigenvalue weighted by Gasteiger charge is -2.40. The molecule has 2 unspecified atom stereocenters. The van der Waals surface area contributed by atoms with Gasteiger partial charge in [0.15, 0.2) is 5.69 Å². The minimum atomic E-state index is -0.156. The van der Waals surface area contributed by atoms with Crippen LogP contribution in [0.2, 0.25) is 0 Å². The first-order valence-electron chi connectivity index (χ1n) is 9.88. The Morgan fingerprint density at radius 3 is 2.79 bits per heavy atom. The quantitative estimate of drug-likeness (QED) is 0.504. The van der Waals surface area contributed by atoms with Gasteiger partial charge in [-0.05, 0) is 56.0 Å². The average Bonchev–Trinajstić information content (AvgIpc) is 2.73. The smallest absolute Gasteiger partial charge is 0.205 e. The van der Waals surface area contributed by atoms with Crippen molar-refractivity contribution in [1.29, 1.82) is 5.26 Å². The van der Waals surface area contributed by atoms with Crippen molar-refractivity contribution in [2.24, 2.45) is 10.9 Å². The lowest BCUT2D eigenvalue weighted by molar-refractivity contribution is -0.0909. The zero-order valence-electron chi connectivity index (χ0n) is 16.7. The molecule has 0 aromatic heterocycles. The van der Waals surface area contributed by atoms with Crippen molar-refractivity contribution in [1.82, 2.24) is 0 Å².